The van der Waals surface area contributed by atoms with E-state index in [1.165, 1.54) is 76.0 Å². The molecule has 0 aliphatic rings. The van der Waals surface area contributed by atoms with Crippen LogP contribution >= 0.6 is 0 Å². The third-order valence-corrected chi connectivity index (χ3v) is 7.76. The topological polar surface area (TPSA) is 78.9 Å². The van der Waals surface area contributed by atoms with E-state index in [0.29, 0.717) is 0 Å². The Morgan fingerprint density at radius 3 is 1.26 bits per heavy atom. The first-order valence-electron chi connectivity index (χ1n) is 17.0. The van der Waals surface area contributed by atoms with Crippen LogP contribution in [0.4, 0.5) is 0 Å². The van der Waals surface area contributed by atoms with E-state index in [0.717, 1.165) is 57.8 Å². The number of hydrogen-bond donors (Lipinski definition) is 0. The molecule has 0 fully saturated rings. The van der Waals surface area contributed by atoms with Gasteiger partial charge >= 0.3 is 17.9 Å². The Labute approximate surface area is 256 Å². The van der Waals surface area contributed by atoms with Crippen molar-refractivity contribution in [2.24, 2.45) is 0 Å². The van der Waals surface area contributed by atoms with E-state index in [1.807, 2.05) is 20.8 Å². The highest BCUT2D eigenvalue weighted by molar-refractivity contribution is 6.05. The van der Waals surface area contributed by atoms with Crippen molar-refractivity contribution in [1.82, 2.24) is 0 Å². The largest absolute Gasteiger partial charge is 0.459 e. The van der Waals surface area contributed by atoms with Crippen LogP contribution in [-0.2, 0) is 14.2 Å². The molecule has 0 heterocycles. The minimum atomic E-state index is -0.617. The molecule has 0 aliphatic heterocycles. The highest BCUT2D eigenvalue weighted by atomic mass is 16.6. The molecule has 3 unspecified atom stereocenters. The van der Waals surface area contributed by atoms with Gasteiger partial charge in [0.05, 0.1) is 35.0 Å². The molecule has 42 heavy (non-hydrogen) atoms. The summed E-state index contributed by atoms with van der Waals surface area (Å²) in [6, 6.07) is 4.46. The van der Waals surface area contributed by atoms with E-state index < -0.39 is 17.9 Å². The Bertz CT molecular complexity index is 895. The summed E-state index contributed by atoms with van der Waals surface area (Å²) < 4.78 is 17.1. The molecule has 0 N–H and O–H groups in total. The number of ether oxygens (including phenoxy) is 3. The van der Waals surface area contributed by atoms with E-state index in [4.69, 9.17) is 14.2 Å². The number of carbonyl (C=O) groups is 3. The molecule has 3 atom stereocenters. The molecule has 6 heteroatoms. The standard InChI is InChI=1S/C36H60O6/c1-7-10-13-16-19-22-28(4)40-34(37)31-25-26-32(35(38)41-29(5)23-20-17-14-11-8-2)33(27-31)36(39)42-30(6)24-21-18-15-12-9-3/h25-30H,7-24H2,1-6H3. The number of unbranched alkanes of at least 4 members (excludes halogenated alkanes) is 12. The lowest BCUT2D eigenvalue weighted by Gasteiger charge is -2.18. The first-order valence-corrected chi connectivity index (χ1v) is 17.0. The molecule has 6 nitrogen and oxygen atoms in total. The van der Waals surface area contributed by atoms with Crippen LogP contribution in [0.2, 0.25) is 0 Å². The van der Waals surface area contributed by atoms with Gasteiger partial charge in [-0.1, -0.05) is 97.8 Å². The third kappa shape index (κ3) is 16.3. The van der Waals surface area contributed by atoms with Crippen LogP contribution in [0.3, 0.4) is 0 Å². The van der Waals surface area contributed by atoms with Crippen molar-refractivity contribution in [1.29, 1.82) is 0 Å². The SMILES string of the molecule is CCCCCCCC(C)OC(=O)c1ccc(C(=O)OC(C)CCCCCCC)c(C(=O)OC(C)CCCCCCC)c1. The van der Waals surface area contributed by atoms with Crippen LogP contribution in [0.1, 0.15) is 188 Å². The minimum absolute atomic E-state index is 0.0506. The van der Waals surface area contributed by atoms with Crippen molar-refractivity contribution in [3.05, 3.63) is 34.9 Å². The molecule has 0 spiro atoms. The van der Waals surface area contributed by atoms with E-state index in [1.54, 1.807) is 0 Å². The first kappa shape index (κ1) is 37.7. The average Bonchev–Trinajstić information content (AvgIpc) is 2.96. The van der Waals surface area contributed by atoms with Gasteiger partial charge < -0.3 is 14.2 Å². The molecule has 0 aromatic heterocycles. The van der Waals surface area contributed by atoms with E-state index >= 15 is 0 Å². The van der Waals surface area contributed by atoms with Gasteiger partial charge in [-0.2, -0.15) is 0 Å². The predicted molar refractivity (Wildman–Crippen MR) is 171 cm³/mol. The van der Waals surface area contributed by atoms with Gasteiger partial charge in [-0.05, 0) is 77.5 Å². The van der Waals surface area contributed by atoms with Crippen LogP contribution in [0, 0.1) is 0 Å². The number of esters is 3. The second kappa shape index (κ2) is 23.1. The van der Waals surface area contributed by atoms with Crippen molar-refractivity contribution in [3.8, 4) is 0 Å². The van der Waals surface area contributed by atoms with E-state index in [9.17, 15) is 14.4 Å². The number of carbonyl (C=O) groups excluding carboxylic acids is 3. The molecule has 0 saturated carbocycles. The van der Waals surface area contributed by atoms with Gasteiger partial charge in [-0.25, -0.2) is 14.4 Å². The van der Waals surface area contributed by atoms with E-state index in [2.05, 4.69) is 20.8 Å². The van der Waals surface area contributed by atoms with Crippen molar-refractivity contribution in [3.63, 3.8) is 0 Å². The lowest BCUT2D eigenvalue weighted by Crippen LogP contribution is -2.22. The van der Waals surface area contributed by atoms with Gasteiger partial charge in [0, 0.05) is 0 Å². The van der Waals surface area contributed by atoms with Crippen molar-refractivity contribution >= 4 is 17.9 Å². The Balaban J connectivity index is 2.94. The van der Waals surface area contributed by atoms with Crippen LogP contribution in [0.25, 0.3) is 0 Å². The lowest BCUT2D eigenvalue weighted by atomic mass is 10.0. The predicted octanol–water partition coefficient (Wildman–Crippen LogP) is 10.4. The van der Waals surface area contributed by atoms with Crippen LogP contribution in [0.5, 0.6) is 0 Å². The number of benzene rings is 1. The molecule has 0 amide bonds. The highest BCUT2D eigenvalue weighted by Gasteiger charge is 2.25. The molecule has 240 valence electrons. The maximum atomic E-state index is 13.3. The molecule has 0 aliphatic carbocycles. The summed E-state index contributed by atoms with van der Waals surface area (Å²) in [6.07, 6.45) is 18.5. The Morgan fingerprint density at radius 1 is 0.500 bits per heavy atom. The molecule has 0 saturated heterocycles. The van der Waals surface area contributed by atoms with Crippen molar-refractivity contribution in [2.75, 3.05) is 0 Å². The van der Waals surface area contributed by atoms with Gasteiger partial charge in [-0.3, -0.25) is 0 Å². The fourth-order valence-corrected chi connectivity index (χ4v) is 5.04. The minimum Gasteiger partial charge on any atom is -0.459 e. The summed E-state index contributed by atoms with van der Waals surface area (Å²) in [6.45, 7) is 12.2. The van der Waals surface area contributed by atoms with Gasteiger partial charge in [0.25, 0.3) is 0 Å². The fourth-order valence-electron chi connectivity index (χ4n) is 5.04. The molecular formula is C36H60O6. The second-order valence-electron chi connectivity index (χ2n) is 12.0. The smallest absolute Gasteiger partial charge is 0.339 e. The third-order valence-electron chi connectivity index (χ3n) is 7.76. The quantitative estimate of drug-likeness (QED) is 0.0679. The molecule has 1 aromatic carbocycles. The van der Waals surface area contributed by atoms with Gasteiger partial charge in [0.15, 0.2) is 0 Å². The summed E-state index contributed by atoms with van der Waals surface area (Å²) in [5.41, 5.74) is 0.399. The summed E-state index contributed by atoms with van der Waals surface area (Å²) in [5.74, 6) is -1.70. The Morgan fingerprint density at radius 2 is 0.857 bits per heavy atom. The number of rotatable bonds is 24. The maximum absolute atomic E-state index is 13.3. The molecule has 0 bridgehead atoms. The summed E-state index contributed by atoms with van der Waals surface area (Å²) in [4.78, 5) is 39.5. The molecule has 1 rings (SSSR count). The summed E-state index contributed by atoms with van der Waals surface area (Å²) in [5, 5.41) is 0. The Kier molecular flexibility index (Phi) is 20.7. The van der Waals surface area contributed by atoms with Gasteiger partial charge in [-0.15, -0.1) is 0 Å². The van der Waals surface area contributed by atoms with Gasteiger partial charge in [0.2, 0.25) is 0 Å². The molecule has 0 radical (unpaired) electrons. The average molecular weight is 589 g/mol. The number of hydrogen-bond acceptors (Lipinski definition) is 6. The maximum Gasteiger partial charge on any atom is 0.339 e. The van der Waals surface area contributed by atoms with E-state index in [-0.39, 0.29) is 35.0 Å². The summed E-state index contributed by atoms with van der Waals surface area (Å²) in [7, 11) is 0. The first-order chi connectivity index (χ1) is 20.2. The zero-order chi connectivity index (χ0) is 31.2. The van der Waals surface area contributed by atoms with Crippen molar-refractivity contribution in [2.45, 2.75) is 175 Å². The fraction of sp³-hybridized carbons (Fsp3) is 0.750. The zero-order valence-corrected chi connectivity index (χ0v) is 27.6. The zero-order valence-electron chi connectivity index (χ0n) is 27.6. The Hall–Kier alpha value is -2.37. The van der Waals surface area contributed by atoms with Crippen molar-refractivity contribution < 1.29 is 28.6 Å². The monoisotopic (exact) mass is 588 g/mol. The molecular weight excluding hydrogens is 528 g/mol. The lowest BCUT2D eigenvalue weighted by molar-refractivity contribution is 0.0267. The second-order valence-corrected chi connectivity index (χ2v) is 12.0. The van der Waals surface area contributed by atoms with Crippen LogP contribution in [-0.4, -0.2) is 36.2 Å². The highest BCUT2D eigenvalue weighted by Crippen LogP contribution is 2.21. The molecule has 1 aromatic rings. The van der Waals surface area contributed by atoms with Crippen LogP contribution < -0.4 is 0 Å². The van der Waals surface area contributed by atoms with Gasteiger partial charge in [0.1, 0.15) is 0 Å². The normalized spacial score (nSPS) is 13.3. The van der Waals surface area contributed by atoms with Crippen LogP contribution in [0.15, 0.2) is 18.2 Å². The summed E-state index contributed by atoms with van der Waals surface area (Å²) >= 11 is 0.